The Hall–Kier alpha value is -0.760. The SMILES string of the molecule is CN(CC1CC(Br)C1)c1ccccc1S(=O)(=O)C(F)(F)F. The second-order valence-corrected chi connectivity index (χ2v) is 8.44. The summed E-state index contributed by atoms with van der Waals surface area (Å²) in [6, 6.07) is 5.24. The van der Waals surface area contributed by atoms with Gasteiger partial charge in [-0.15, -0.1) is 0 Å². The molecule has 0 radical (unpaired) electrons. The van der Waals surface area contributed by atoms with Crippen molar-refractivity contribution < 1.29 is 21.6 Å². The molecule has 8 heteroatoms. The molecule has 118 valence electrons. The number of nitrogens with zero attached hydrogens (tertiary/aromatic N) is 1. The molecular weight excluding hydrogens is 371 g/mol. The lowest BCUT2D eigenvalue weighted by Crippen LogP contribution is -2.35. The number of para-hydroxylation sites is 1. The molecule has 1 aromatic carbocycles. The van der Waals surface area contributed by atoms with Gasteiger partial charge in [-0.3, -0.25) is 0 Å². The fourth-order valence-corrected chi connectivity index (χ4v) is 4.48. The number of benzene rings is 1. The summed E-state index contributed by atoms with van der Waals surface area (Å²) >= 11 is 3.46. The minimum Gasteiger partial charge on any atom is -0.373 e. The van der Waals surface area contributed by atoms with Gasteiger partial charge in [-0.05, 0) is 30.9 Å². The minimum absolute atomic E-state index is 0.0906. The Balaban J connectivity index is 2.29. The number of alkyl halides is 4. The highest BCUT2D eigenvalue weighted by atomic mass is 79.9. The van der Waals surface area contributed by atoms with Crippen LogP contribution in [-0.2, 0) is 9.84 Å². The van der Waals surface area contributed by atoms with Gasteiger partial charge in [0.05, 0.1) is 10.6 Å². The number of anilines is 1. The fraction of sp³-hybridized carbons (Fsp3) is 0.538. The van der Waals surface area contributed by atoms with Crippen molar-refractivity contribution in [2.75, 3.05) is 18.5 Å². The highest BCUT2D eigenvalue weighted by molar-refractivity contribution is 9.09. The highest BCUT2D eigenvalue weighted by Crippen LogP contribution is 2.38. The first kappa shape index (κ1) is 16.6. The lowest BCUT2D eigenvalue weighted by molar-refractivity contribution is -0.0435. The molecule has 2 rings (SSSR count). The monoisotopic (exact) mass is 385 g/mol. The van der Waals surface area contributed by atoms with Crippen molar-refractivity contribution in [1.82, 2.24) is 0 Å². The number of rotatable bonds is 4. The summed E-state index contributed by atoms with van der Waals surface area (Å²) in [6.07, 6.45) is 1.89. The van der Waals surface area contributed by atoms with E-state index in [1.54, 1.807) is 11.9 Å². The smallest absolute Gasteiger partial charge is 0.373 e. The molecule has 0 aromatic heterocycles. The molecule has 0 saturated heterocycles. The van der Waals surface area contributed by atoms with Crippen LogP contribution in [0.1, 0.15) is 12.8 Å². The number of hydrogen-bond acceptors (Lipinski definition) is 3. The van der Waals surface area contributed by atoms with Crippen molar-refractivity contribution in [3.63, 3.8) is 0 Å². The van der Waals surface area contributed by atoms with E-state index in [0.29, 0.717) is 17.3 Å². The molecule has 0 N–H and O–H groups in total. The molecule has 0 amide bonds. The summed E-state index contributed by atoms with van der Waals surface area (Å²) < 4.78 is 61.5. The molecule has 21 heavy (non-hydrogen) atoms. The first-order valence-electron chi connectivity index (χ1n) is 6.38. The van der Waals surface area contributed by atoms with Gasteiger partial charge in [0.25, 0.3) is 9.84 Å². The predicted octanol–water partition coefficient (Wildman–Crippen LogP) is 3.59. The zero-order chi connectivity index (χ0) is 15.8. The largest absolute Gasteiger partial charge is 0.501 e. The zero-order valence-corrected chi connectivity index (χ0v) is 13.7. The van der Waals surface area contributed by atoms with E-state index >= 15 is 0 Å². The van der Waals surface area contributed by atoms with Crippen LogP contribution in [0.4, 0.5) is 18.9 Å². The molecule has 1 aliphatic rings. The number of sulfone groups is 1. The maximum absolute atomic E-state index is 12.7. The van der Waals surface area contributed by atoms with Crippen LogP contribution in [-0.4, -0.2) is 32.3 Å². The van der Waals surface area contributed by atoms with E-state index in [-0.39, 0.29) is 5.69 Å². The summed E-state index contributed by atoms with van der Waals surface area (Å²) in [5.41, 5.74) is -5.20. The van der Waals surface area contributed by atoms with Gasteiger partial charge in [0, 0.05) is 18.4 Å². The molecule has 0 unspecified atom stereocenters. The van der Waals surface area contributed by atoms with E-state index in [1.807, 2.05) is 0 Å². The van der Waals surface area contributed by atoms with Gasteiger partial charge in [-0.25, -0.2) is 8.42 Å². The van der Waals surface area contributed by atoms with Crippen molar-refractivity contribution >= 4 is 31.5 Å². The van der Waals surface area contributed by atoms with Gasteiger partial charge in [-0.2, -0.15) is 13.2 Å². The van der Waals surface area contributed by atoms with E-state index in [1.165, 1.54) is 18.2 Å². The third kappa shape index (κ3) is 3.36. The average Bonchev–Trinajstić information content (AvgIpc) is 2.35. The minimum atomic E-state index is -5.34. The third-order valence-corrected chi connectivity index (χ3v) is 5.86. The lowest BCUT2D eigenvalue weighted by Gasteiger charge is -2.35. The summed E-state index contributed by atoms with van der Waals surface area (Å²) in [7, 11) is -3.72. The molecule has 1 fully saturated rings. The topological polar surface area (TPSA) is 37.4 Å². The normalized spacial score (nSPS) is 22.7. The Labute approximate surface area is 130 Å². The maximum Gasteiger partial charge on any atom is 0.501 e. The molecule has 1 saturated carbocycles. The first-order valence-corrected chi connectivity index (χ1v) is 8.78. The summed E-state index contributed by atoms with van der Waals surface area (Å²) in [5.74, 6) is 0.362. The van der Waals surface area contributed by atoms with E-state index in [9.17, 15) is 21.6 Å². The lowest BCUT2D eigenvalue weighted by atomic mass is 9.85. The van der Waals surface area contributed by atoms with Crippen LogP contribution in [0, 0.1) is 5.92 Å². The van der Waals surface area contributed by atoms with E-state index < -0.39 is 20.2 Å². The summed E-state index contributed by atoms with van der Waals surface area (Å²) in [5, 5.41) is 0. The first-order chi connectivity index (χ1) is 9.63. The van der Waals surface area contributed by atoms with Gasteiger partial charge in [-0.1, -0.05) is 28.1 Å². The Bertz CT molecular complexity index is 612. The zero-order valence-electron chi connectivity index (χ0n) is 11.3. The molecule has 0 atom stereocenters. The van der Waals surface area contributed by atoms with Gasteiger partial charge in [0.1, 0.15) is 0 Å². The van der Waals surface area contributed by atoms with Gasteiger partial charge < -0.3 is 4.90 Å². The summed E-state index contributed by atoms with van der Waals surface area (Å²) in [4.78, 5) is 1.35. The van der Waals surface area contributed by atoms with E-state index in [4.69, 9.17) is 0 Å². The van der Waals surface area contributed by atoms with Crippen molar-refractivity contribution in [3.05, 3.63) is 24.3 Å². The molecule has 1 aliphatic carbocycles. The van der Waals surface area contributed by atoms with Crippen molar-refractivity contribution in [3.8, 4) is 0 Å². The quantitative estimate of drug-likeness (QED) is 0.743. The van der Waals surface area contributed by atoms with Crippen molar-refractivity contribution in [1.29, 1.82) is 0 Å². The second-order valence-electron chi connectivity index (χ2n) is 5.23. The van der Waals surface area contributed by atoms with Crippen LogP contribution in [0.5, 0.6) is 0 Å². The second kappa shape index (κ2) is 5.79. The van der Waals surface area contributed by atoms with E-state index in [0.717, 1.165) is 18.9 Å². The van der Waals surface area contributed by atoms with Gasteiger partial charge in [0.15, 0.2) is 0 Å². The van der Waals surface area contributed by atoms with Crippen LogP contribution < -0.4 is 4.90 Å². The standard InChI is InChI=1S/C13H15BrF3NO2S/c1-18(8-9-6-10(14)7-9)11-4-2-3-5-12(11)21(19,20)13(15,16)17/h2-5,9-10H,6-8H2,1H3. The number of hydrogen-bond donors (Lipinski definition) is 0. The van der Waals surface area contributed by atoms with Crippen LogP contribution in [0.15, 0.2) is 29.2 Å². The third-order valence-electron chi connectivity index (χ3n) is 3.58. The fourth-order valence-electron chi connectivity index (χ4n) is 2.41. The van der Waals surface area contributed by atoms with Crippen LogP contribution >= 0.6 is 15.9 Å². The molecule has 0 aliphatic heterocycles. The molecule has 3 nitrogen and oxygen atoms in total. The Kier molecular flexibility index (Phi) is 4.58. The number of halogens is 4. The Morgan fingerprint density at radius 3 is 2.38 bits per heavy atom. The Morgan fingerprint density at radius 2 is 1.86 bits per heavy atom. The predicted molar refractivity (Wildman–Crippen MR) is 78.4 cm³/mol. The van der Waals surface area contributed by atoms with Crippen molar-refractivity contribution in [2.45, 2.75) is 28.1 Å². The molecule has 0 heterocycles. The summed E-state index contributed by atoms with van der Waals surface area (Å²) in [6.45, 7) is 0.534. The van der Waals surface area contributed by atoms with Crippen LogP contribution in [0.25, 0.3) is 0 Å². The van der Waals surface area contributed by atoms with Crippen molar-refractivity contribution in [2.24, 2.45) is 5.92 Å². The molecule has 0 bridgehead atoms. The van der Waals surface area contributed by atoms with Gasteiger partial charge in [0.2, 0.25) is 0 Å². The van der Waals surface area contributed by atoms with Gasteiger partial charge >= 0.3 is 5.51 Å². The molecule has 1 aromatic rings. The van der Waals surface area contributed by atoms with Crippen LogP contribution in [0.2, 0.25) is 0 Å². The maximum atomic E-state index is 12.7. The average molecular weight is 386 g/mol. The molecular formula is C13H15BrF3NO2S. The van der Waals surface area contributed by atoms with Crippen LogP contribution in [0.3, 0.4) is 0 Å². The Morgan fingerprint density at radius 1 is 1.29 bits per heavy atom. The highest BCUT2D eigenvalue weighted by Gasteiger charge is 2.48. The molecule has 0 spiro atoms. The van der Waals surface area contributed by atoms with E-state index in [2.05, 4.69) is 15.9 Å².